The summed E-state index contributed by atoms with van der Waals surface area (Å²) in [5, 5.41) is 1.43. The molecule has 17 heavy (non-hydrogen) atoms. The number of nitrogens with zero attached hydrogens (tertiary/aromatic N) is 1. The van der Waals surface area contributed by atoms with Crippen LogP contribution in [0.1, 0.15) is 31.4 Å². The van der Waals surface area contributed by atoms with Crippen molar-refractivity contribution in [1.29, 1.82) is 0 Å². The van der Waals surface area contributed by atoms with Gasteiger partial charge in [0.1, 0.15) is 0 Å². The molecule has 2 rings (SSSR count). The highest BCUT2D eigenvalue weighted by molar-refractivity contribution is 5.87. The summed E-state index contributed by atoms with van der Waals surface area (Å²) in [5.74, 6) is 0. The number of rotatable bonds is 4. The fraction of sp³-hybridized carbons (Fsp3) is 0.467. The SMILES string of the molecule is CCn1cc(CCC(C)N)c2c(C)cccc21. The zero-order chi connectivity index (χ0) is 12.4. The zero-order valence-electron chi connectivity index (χ0n) is 11.0. The van der Waals surface area contributed by atoms with Gasteiger partial charge in [-0.05, 0) is 50.8 Å². The van der Waals surface area contributed by atoms with Crippen molar-refractivity contribution < 1.29 is 0 Å². The maximum Gasteiger partial charge on any atom is 0.0485 e. The molecule has 0 aliphatic carbocycles. The Labute approximate surface area is 103 Å². The molecule has 2 N–H and O–H groups in total. The van der Waals surface area contributed by atoms with Crippen molar-refractivity contribution in [3.05, 3.63) is 35.5 Å². The molecule has 92 valence electrons. The molecular weight excluding hydrogens is 208 g/mol. The summed E-state index contributed by atoms with van der Waals surface area (Å²) in [5.41, 5.74) is 10.0. The molecule has 0 radical (unpaired) electrons. The zero-order valence-corrected chi connectivity index (χ0v) is 11.0. The second-order valence-corrected chi connectivity index (χ2v) is 4.93. The Balaban J connectivity index is 2.47. The lowest BCUT2D eigenvalue weighted by Gasteiger charge is -2.04. The first kappa shape index (κ1) is 12.2. The molecule has 0 aliphatic rings. The summed E-state index contributed by atoms with van der Waals surface area (Å²) in [6, 6.07) is 6.82. The minimum absolute atomic E-state index is 0.277. The van der Waals surface area contributed by atoms with E-state index in [4.69, 9.17) is 5.73 Å². The molecule has 2 heteroatoms. The summed E-state index contributed by atoms with van der Waals surface area (Å²) < 4.78 is 2.33. The van der Waals surface area contributed by atoms with E-state index in [1.165, 1.54) is 22.0 Å². The highest BCUT2D eigenvalue weighted by Gasteiger charge is 2.09. The van der Waals surface area contributed by atoms with Crippen LogP contribution in [0.25, 0.3) is 10.9 Å². The Morgan fingerprint density at radius 2 is 2.12 bits per heavy atom. The summed E-state index contributed by atoms with van der Waals surface area (Å²) >= 11 is 0. The topological polar surface area (TPSA) is 30.9 Å². The molecule has 1 unspecified atom stereocenters. The highest BCUT2D eigenvalue weighted by atomic mass is 14.9. The Morgan fingerprint density at radius 3 is 2.76 bits per heavy atom. The van der Waals surface area contributed by atoms with Crippen LogP contribution >= 0.6 is 0 Å². The first-order valence-electron chi connectivity index (χ1n) is 6.46. The maximum atomic E-state index is 5.85. The van der Waals surface area contributed by atoms with E-state index in [1.807, 2.05) is 0 Å². The lowest BCUT2D eigenvalue weighted by molar-refractivity contribution is 0.665. The van der Waals surface area contributed by atoms with Gasteiger partial charge in [-0.3, -0.25) is 0 Å². The van der Waals surface area contributed by atoms with E-state index < -0.39 is 0 Å². The van der Waals surface area contributed by atoms with Crippen molar-refractivity contribution in [1.82, 2.24) is 4.57 Å². The minimum atomic E-state index is 0.277. The van der Waals surface area contributed by atoms with E-state index in [9.17, 15) is 0 Å². The fourth-order valence-electron chi connectivity index (χ4n) is 2.47. The van der Waals surface area contributed by atoms with Gasteiger partial charge in [-0.2, -0.15) is 0 Å². The molecule has 0 bridgehead atoms. The third-order valence-corrected chi connectivity index (χ3v) is 3.40. The van der Waals surface area contributed by atoms with Gasteiger partial charge in [0.15, 0.2) is 0 Å². The van der Waals surface area contributed by atoms with Gasteiger partial charge in [0.25, 0.3) is 0 Å². The van der Waals surface area contributed by atoms with Crippen molar-refractivity contribution >= 4 is 10.9 Å². The second kappa shape index (κ2) is 4.92. The molecule has 0 aliphatic heterocycles. The third-order valence-electron chi connectivity index (χ3n) is 3.40. The van der Waals surface area contributed by atoms with Gasteiger partial charge in [0.05, 0.1) is 0 Å². The van der Waals surface area contributed by atoms with Crippen LogP contribution in [0.15, 0.2) is 24.4 Å². The molecule has 1 atom stereocenters. The van der Waals surface area contributed by atoms with Gasteiger partial charge in [-0.15, -0.1) is 0 Å². The van der Waals surface area contributed by atoms with Crippen LogP contribution in [0.4, 0.5) is 0 Å². The Morgan fingerprint density at radius 1 is 1.35 bits per heavy atom. The molecule has 2 nitrogen and oxygen atoms in total. The lowest BCUT2D eigenvalue weighted by Crippen LogP contribution is -2.15. The molecule has 0 spiro atoms. The molecule has 0 fully saturated rings. The van der Waals surface area contributed by atoms with Gasteiger partial charge in [0, 0.05) is 29.7 Å². The number of hydrogen-bond acceptors (Lipinski definition) is 1. The van der Waals surface area contributed by atoms with Crippen molar-refractivity contribution in [2.45, 2.75) is 46.2 Å². The Bertz CT molecular complexity index is 509. The summed E-state index contributed by atoms with van der Waals surface area (Å²) in [4.78, 5) is 0. The van der Waals surface area contributed by atoms with Crippen LogP contribution in [0.3, 0.4) is 0 Å². The predicted molar refractivity (Wildman–Crippen MR) is 74.3 cm³/mol. The van der Waals surface area contributed by atoms with E-state index in [-0.39, 0.29) is 6.04 Å². The molecule has 2 aromatic rings. The highest BCUT2D eigenvalue weighted by Crippen LogP contribution is 2.26. The average molecular weight is 230 g/mol. The van der Waals surface area contributed by atoms with Crippen molar-refractivity contribution in [3.63, 3.8) is 0 Å². The van der Waals surface area contributed by atoms with Crippen molar-refractivity contribution in [2.75, 3.05) is 0 Å². The number of benzene rings is 1. The Hall–Kier alpha value is -1.28. The van der Waals surface area contributed by atoms with E-state index >= 15 is 0 Å². The van der Waals surface area contributed by atoms with Crippen LogP contribution in [0.2, 0.25) is 0 Å². The molecule has 1 aromatic heterocycles. The predicted octanol–water partition coefficient (Wildman–Crippen LogP) is 3.25. The quantitative estimate of drug-likeness (QED) is 0.858. The van der Waals surface area contributed by atoms with Gasteiger partial charge in [-0.25, -0.2) is 0 Å². The van der Waals surface area contributed by atoms with E-state index in [0.717, 1.165) is 19.4 Å². The molecule has 1 heterocycles. The molecule has 1 aromatic carbocycles. The average Bonchev–Trinajstić information content (AvgIpc) is 2.66. The van der Waals surface area contributed by atoms with Crippen molar-refractivity contribution in [2.24, 2.45) is 5.73 Å². The largest absolute Gasteiger partial charge is 0.347 e. The number of fused-ring (bicyclic) bond motifs is 1. The maximum absolute atomic E-state index is 5.85. The van der Waals surface area contributed by atoms with E-state index in [1.54, 1.807) is 0 Å². The smallest absolute Gasteiger partial charge is 0.0485 e. The summed E-state index contributed by atoms with van der Waals surface area (Å²) in [6.07, 6.45) is 4.42. The van der Waals surface area contributed by atoms with Crippen LogP contribution in [-0.4, -0.2) is 10.6 Å². The number of aromatic nitrogens is 1. The lowest BCUT2D eigenvalue weighted by atomic mass is 10.0. The first-order valence-corrected chi connectivity index (χ1v) is 6.46. The molecule has 0 saturated heterocycles. The number of hydrogen-bond donors (Lipinski definition) is 1. The van der Waals surface area contributed by atoms with Gasteiger partial charge in [0.2, 0.25) is 0 Å². The van der Waals surface area contributed by atoms with Crippen molar-refractivity contribution in [3.8, 4) is 0 Å². The third kappa shape index (κ3) is 2.37. The molecular formula is C15H22N2. The number of aryl methyl sites for hydroxylation is 3. The second-order valence-electron chi connectivity index (χ2n) is 4.93. The van der Waals surface area contributed by atoms with Crippen LogP contribution in [0.5, 0.6) is 0 Å². The first-order chi connectivity index (χ1) is 8.13. The molecule has 0 saturated carbocycles. The minimum Gasteiger partial charge on any atom is -0.347 e. The number of nitrogens with two attached hydrogens (primary N) is 1. The van der Waals surface area contributed by atoms with Gasteiger partial charge >= 0.3 is 0 Å². The fourth-order valence-corrected chi connectivity index (χ4v) is 2.47. The van der Waals surface area contributed by atoms with Crippen LogP contribution < -0.4 is 5.73 Å². The summed E-state index contributed by atoms with van der Waals surface area (Å²) in [7, 11) is 0. The normalized spacial score (nSPS) is 13.2. The van der Waals surface area contributed by atoms with Gasteiger partial charge in [-0.1, -0.05) is 12.1 Å². The Kier molecular flexibility index (Phi) is 3.53. The molecule has 0 amide bonds. The van der Waals surface area contributed by atoms with E-state index in [0.29, 0.717) is 0 Å². The monoisotopic (exact) mass is 230 g/mol. The van der Waals surface area contributed by atoms with Crippen LogP contribution in [-0.2, 0) is 13.0 Å². The summed E-state index contributed by atoms with van der Waals surface area (Å²) in [6.45, 7) is 7.48. The van der Waals surface area contributed by atoms with Crippen LogP contribution in [0, 0.1) is 6.92 Å². The van der Waals surface area contributed by atoms with Gasteiger partial charge < -0.3 is 10.3 Å². The van der Waals surface area contributed by atoms with E-state index in [2.05, 4.69) is 49.7 Å². The standard InChI is InChI=1S/C15H22N2/c1-4-17-10-13(9-8-12(3)16)15-11(2)6-5-7-14(15)17/h5-7,10,12H,4,8-9,16H2,1-3H3.